The molecule has 106 valence electrons. The molecule has 0 spiro atoms. The molecular formula is C15H30N2O. The normalized spacial score (nSPS) is 25.8. The van der Waals surface area contributed by atoms with Crippen LogP contribution < -0.4 is 5.32 Å². The van der Waals surface area contributed by atoms with Crippen molar-refractivity contribution in [3.8, 4) is 0 Å². The van der Waals surface area contributed by atoms with E-state index in [1.165, 1.54) is 51.7 Å². The van der Waals surface area contributed by atoms with E-state index in [2.05, 4.69) is 24.1 Å². The molecule has 3 heteroatoms. The van der Waals surface area contributed by atoms with E-state index in [0.29, 0.717) is 12.1 Å². The Morgan fingerprint density at radius 3 is 2.83 bits per heavy atom. The highest BCUT2D eigenvalue weighted by Gasteiger charge is 2.21. The predicted octanol–water partition coefficient (Wildman–Crippen LogP) is 2.27. The van der Waals surface area contributed by atoms with Crippen molar-refractivity contribution in [2.75, 3.05) is 32.8 Å². The van der Waals surface area contributed by atoms with Gasteiger partial charge in [0.1, 0.15) is 0 Å². The number of hydrogen-bond acceptors (Lipinski definition) is 3. The van der Waals surface area contributed by atoms with Gasteiger partial charge in [-0.05, 0) is 44.6 Å². The number of nitrogens with one attached hydrogen (secondary N) is 1. The number of piperidine rings is 1. The zero-order valence-electron chi connectivity index (χ0n) is 12.2. The molecule has 1 N–H and O–H groups in total. The highest BCUT2D eigenvalue weighted by Crippen LogP contribution is 2.28. The maximum Gasteiger partial charge on any atom is 0.0494 e. The summed E-state index contributed by atoms with van der Waals surface area (Å²) >= 11 is 0. The van der Waals surface area contributed by atoms with Crippen molar-refractivity contribution in [2.45, 2.75) is 58.0 Å². The zero-order valence-corrected chi connectivity index (χ0v) is 12.2. The number of likely N-dealkylation sites (tertiary alicyclic amines) is 1. The second-order valence-electron chi connectivity index (χ2n) is 6.33. The molecular weight excluding hydrogens is 224 g/mol. The van der Waals surface area contributed by atoms with E-state index in [4.69, 9.17) is 4.74 Å². The van der Waals surface area contributed by atoms with Crippen LogP contribution in [0.4, 0.5) is 0 Å². The van der Waals surface area contributed by atoms with Crippen molar-refractivity contribution in [3.63, 3.8) is 0 Å². The summed E-state index contributed by atoms with van der Waals surface area (Å²) in [5.41, 5.74) is 0. The molecule has 2 rings (SSSR count). The molecule has 0 amide bonds. The lowest BCUT2D eigenvalue weighted by molar-refractivity contribution is 0.105. The number of rotatable bonds is 8. The highest BCUT2D eigenvalue weighted by atomic mass is 16.5. The van der Waals surface area contributed by atoms with Gasteiger partial charge in [-0.1, -0.05) is 13.8 Å². The van der Waals surface area contributed by atoms with E-state index in [0.717, 1.165) is 19.1 Å². The molecule has 1 aliphatic heterocycles. The first-order valence-corrected chi connectivity index (χ1v) is 7.80. The molecule has 1 saturated heterocycles. The largest absolute Gasteiger partial charge is 0.381 e. The van der Waals surface area contributed by atoms with Gasteiger partial charge in [-0.25, -0.2) is 0 Å². The second kappa shape index (κ2) is 7.46. The monoisotopic (exact) mass is 254 g/mol. The fourth-order valence-electron chi connectivity index (χ4n) is 2.79. The predicted molar refractivity (Wildman–Crippen MR) is 75.9 cm³/mol. The summed E-state index contributed by atoms with van der Waals surface area (Å²) in [5.74, 6) is 0.902. The van der Waals surface area contributed by atoms with Crippen molar-refractivity contribution in [1.29, 1.82) is 0 Å². The fourth-order valence-corrected chi connectivity index (χ4v) is 2.79. The van der Waals surface area contributed by atoms with Crippen LogP contribution in [0.1, 0.15) is 46.0 Å². The SMILES string of the molecule is CC(C)NC1CCCN(CCCOCC2CC2)C1. The Kier molecular flexibility index (Phi) is 5.93. The van der Waals surface area contributed by atoms with E-state index in [-0.39, 0.29) is 0 Å². The standard InChI is InChI=1S/C15H30N2O/c1-13(2)16-15-5-3-8-17(11-15)9-4-10-18-12-14-6-7-14/h13-16H,3-12H2,1-2H3. The van der Waals surface area contributed by atoms with Gasteiger partial charge >= 0.3 is 0 Å². The molecule has 1 unspecified atom stereocenters. The van der Waals surface area contributed by atoms with Gasteiger partial charge in [0, 0.05) is 38.4 Å². The number of ether oxygens (including phenoxy) is 1. The zero-order chi connectivity index (χ0) is 12.8. The van der Waals surface area contributed by atoms with E-state index in [9.17, 15) is 0 Å². The maximum absolute atomic E-state index is 5.70. The van der Waals surface area contributed by atoms with Crippen molar-refractivity contribution in [3.05, 3.63) is 0 Å². The molecule has 1 atom stereocenters. The molecule has 3 nitrogen and oxygen atoms in total. The Bertz CT molecular complexity index is 229. The maximum atomic E-state index is 5.70. The van der Waals surface area contributed by atoms with Crippen molar-refractivity contribution in [2.24, 2.45) is 5.92 Å². The smallest absolute Gasteiger partial charge is 0.0494 e. The molecule has 2 aliphatic rings. The molecule has 1 aliphatic carbocycles. The molecule has 0 bridgehead atoms. The van der Waals surface area contributed by atoms with Crippen molar-refractivity contribution >= 4 is 0 Å². The van der Waals surface area contributed by atoms with Gasteiger partial charge in [-0.2, -0.15) is 0 Å². The van der Waals surface area contributed by atoms with Crippen LogP contribution in [0.3, 0.4) is 0 Å². The lowest BCUT2D eigenvalue weighted by atomic mass is 10.0. The molecule has 0 aromatic carbocycles. The molecule has 0 radical (unpaired) electrons. The summed E-state index contributed by atoms with van der Waals surface area (Å²) in [6.45, 7) is 10.2. The van der Waals surface area contributed by atoms with Crippen LogP contribution in [0.25, 0.3) is 0 Å². The quantitative estimate of drug-likeness (QED) is 0.673. The minimum absolute atomic E-state index is 0.608. The van der Waals surface area contributed by atoms with Gasteiger partial charge in [0.05, 0.1) is 0 Å². The van der Waals surface area contributed by atoms with E-state index < -0.39 is 0 Å². The molecule has 0 aromatic heterocycles. The van der Waals surface area contributed by atoms with Crippen LogP contribution in [0, 0.1) is 5.92 Å². The van der Waals surface area contributed by atoms with Gasteiger partial charge in [-0.3, -0.25) is 0 Å². The lowest BCUT2D eigenvalue weighted by Gasteiger charge is -2.34. The third-order valence-corrected chi connectivity index (χ3v) is 3.89. The average molecular weight is 254 g/mol. The van der Waals surface area contributed by atoms with Crippen LogP contribution in [0.15, 0.2) is 0 Å². The third-order valence-electron chi connectivity index (χ3n) is 3.89. The summed E-state index contributed by atoms with van der Waals surface area (Å²) in [5, 5.41) is 3.66. The van der Waals surface area contributed by atoms with Gasteiger partial charge < -0.3 is 15.0 Å². The first-order chi connectivity index (χ1) is 8.74. The second-order valence-corrected chi connectivity index (χ2v) is 6.33. The van der Waals surface area contributed by atoms with E-state index in [1.807, 2.05) is 0 Å². The summed E-state index contributed by atoms with van der Waals surface area (Å²) < 4.78 is 5.70. The van der Waals surface area contributed by atoms with Gasteiger partial charge in [-0.15, -0.1) is 0 Å². The number of hydrogen-bond donors (Lipinski definition) is 1. The average Bonchev–Trinajstić information content (AvgIpc) is 3.12. The third kappa shape index (κ3) is 5.68. The highest BCUT2D eigenvalue weighted by molar-refractivity contribution is 4.79. The Hall–Kier alpha value is -0.120. The van der Waals surface area contributed by atoms with Crippen LogP contribution in [0.2, 0.25) is 0 Å². The van der Waals surface area contributed by atoms with E-state index >= 15 is 0 Å². The molecule has 1 saturated carbocycles. The summed E-state index contributed by atoms with van der Waals surface area (Å²) in [6, 6.07) is 1.31. The molecule has 1 heterocycles. The topological polar surface area (TPSA) is 24.5 Å². The first kappa shape index (κ1) is 14.3. The van der Waals surface area contributed by atoms with Crippen molar-refractivity contribution < 1.29 is 4.74 Å². The Morgan fingerprint density at radius 1 is 1.28 bits per heavy atom. The Balaban J connectivity index is 1.51. The summed E-state index contributed by atoms with van der Waals surface area (Å²) in [7, 11) is 0. The van der Waals surface area contributed by atoms with E-state index in [1.54, 1.807) is 0 Å². The van der Waals surface area contributed by atoms with Crippen molar-refractivity contribution in [1.82, 2.24) is 10.2 Å². The van der Waals surface area contributed by atoms with Gasteiger partial charge in [0.2, 0.25) is 0 Å². The van der Waals surface area contributed by atoms with Crippen LogP contribution in [0.5, 0.6) is 0 Å². The van der Waals surface area contributed by atoms with Gasteiger partial charge in [0.15, 0.2) is 0 Å². The first-order valence-electron chi connectivity index (χ1n) is 7.80. The minimum atomic E-state index is 0.608. The Labute approximate surface area is 112 Å². The summed E-state index contributed by atoms with van der Waals surface area (Å²) in [6.07, 6.45) is 6.67. The molecule has 18 heavy (non-hydrogen) atoms. The van der Waals surface area contributed by atoms with Crippen LogP contribution >= 0.6 is 0 Å². The number of nitrogens with zero attached hydrogens (tertiary/aromatic N) is 1. The van der Waals surface area contributed by atoms with Crippen LogP contribution in [-0.4, -0.2) is 49.8 Å². The van der Waals surface area contributed by atoms with Gasteiger partial charge in [0.25, 0.3) is 0 Å². The lowest BCUT2D eigenvalue weighted by Crippen LogP contribution is -2.48. The molecule has 0 aromatic rings. The Morgan fingerprint density at radius 2 is 2.11 bits per heavy atom. The fraction of sp³-hybridized carbons (Fsp3) is 1.00. The molecule has 2 fully saturated rings. The summed E-state index contributed by atoms with van der Waals surface area (Å²) in [4.78, 5) is 2.60. The minimum Gasteiger partial charge on any atom is -0.381 e. The van der Waals surface area contributed by atoms with Crippen LogP contribution in [-0.2, 0) is 4.74 Å².